The summed E-state index contributed by atoms with van der Waals surface area (Å²) in [5.41, 5.74) is 6.01. The van der Waals surface area contributed by atoms with Crippen LogP contribution in [0.15, 0.2) is 65.6 Å². The fourth-order valence-corrected chi connectivity index (χ4v) is 6.09. The van der Waals surface area contributed by atoms with Crippen LogP contribution in [0.1, 0.15) is 39.5 Å². The molecule has 1 aliphatic rings. The van der Waals surface area contributed by atoms with Gasteiger partial charge in [0.1, 0.15) is 0 Å². The number of nitrogens with zero attached hydrogens (tertiary/aromatic N) is 1. The fraction of sp³-hybridized carbons (Fsp3) is 0.240. The molecule has 1 aliphatic heterocycles. The molecule has 0 saturated heterocycles. The number of amides is 1. The summed E-state index contributed by atoms with van der Waals surface area (Å²) in [7, 11) is -3.67. The predicted octanol–water partition coefficient (Wildman–Crippen LogP) is 5.00. The maximum absolute atomic E-state index is 13.2. The summed E-state index contributed by atoms with van der Waals surface area (Å²) >= 11 is 0. The number of aryl methyl sites for hydroxylation is 3. The molecule has 3 aromatic carbocycles. The Morgan fingerprint density at radius 2 is 1.61 bits per heavy atom. The first-order valence-corrected chi connectivity index (χ1v) is 11.7. The van der Waals surface area contributed by atoms with Crippen LogP contribution < -0.4 is 9.62 Å². The van der Waals surface area contributed by atoms with E-state index < -0.39 is 10.0 Å². The zero-order valence-electron chi connectivity index (χ0n) is 18.1. The molecule has 1 N–H and O–H groups in total. The molecule has 0 radical (unpaired) electrons. The van der Waals surface area contributed by atoms with Crippen LogP contribution in [0.4, 0.5) is 11.4 Å². The summed E-state index contributed by atoms with van der Waals surface area (Å²) in [6.07, 6.45) is 0.561. The summed E-state index contributed by atoms with van der Waals surface area (Å²) in [6.45, 7) is 7.88. The second kappa shape index (κ2) is 7.85. The quantitative estimate of drug-likeness (QED) is 0.628. The lowest BCUT2D eigenvalue weighted by Gasteiger charge is -2.24. The molecule has 0 spiro atoms. The van der Waals surface area contributed by atoms with Crippen LogP contribution in [-0.4, -0.2) is 20.4 Å². The molecule has 5 nitrogen and oxygen atoms in total. The number of hydrogen-bond donors (Lipinski definition) is 1. The zero-order valence-corrected chi connectivity index (χ0v) is 19.0. The molecule has 6 heteroatoms. The van der Waals surface area contributed by atoms with Crippen molar-refractivity contribution in [1.29, 1.82) is 0 Å². The van der Waals surface area contributed by atoms with Crippen molar-refractivity contribution < 1.29 is 13.2 Å². The average molecular weight is 435 g/mol. The van der Waals surface area contributed by atoms with E-state index in [9.17, 15) is 13.2 Å². The van der Waals surface area contributed by atoms with E-state index in [1.807, 2.05) is 39.8 Å². The van der Waals surface area contributed by atoms with Crippen LogP contribution in [0.2, 0.25) is 0 Å². The highest BCUT2D eigenvalue weighted by atomic mass is 32.2. The molecule has 1 atom stereocenters. The van der Waals surface area contributed by atoms with Crippen molar-refractivity contribution in [2.45, 2.75) is 45.1 Å². The Bertz CT molecular complexity index is 1240. The van der Waals surface area contributed by atoms with Gasteiger partial charge in [0.25, 0.3) is 15.9 Å². The van der Waals surface area contributed by atoms with E-state index in [-0.39, 0.29) is 16.8 Å². The summed E-state index contributed by atoms with van der Waals surface area (Å²) in [6, 6.07) is 17.5. The highest BCUT2D eigenvalue weighted by Gasteiger charge is 2.36. The third kappa shape index (κ3) is 3.83. The summed E-state index contributed by atoms with van der Waals surface area (Å²) in [4.78, 5) is 13.2. The van der Waals surface area contributed by atoms with Crippen LogP contribution in [-0.2, 0) is 16.4 Å². The molecular weight excluding hydrogens is 408 g/mol. The Hall–Kier alpha value is -3.12. The van der Waals surface area contributed by atoms with Crippen molar-refractivity contribution in [2.75, 3.05) is 9.62 Å². The topological polar surface area (TPSA) is 66.5 Å². The molecule has 0 fully saturated rings. The molecule has 0 unspecified atom stereocenters. The number of hydrogen-bond acceptors (Lipinski definition) is 3. The van der Waals surface area contributed by atoms with Crippen molar-refractivity contribution in [3.05, 3.63) is 88.5 Å². The van der Waals surface area contributed by atoms with Gasteiger partial charge >= 0.3 is 0 Å². The Morgan fingerprint density at radius 1 is 0.968 bits per heavy atom. The van der Waals surface area contributed by atoms with Crippen molar-refractivity contribution in [3.8, 4) is 0 Å². The molecule has 160 valence electrons. The Labute approximate surface area is 183 Å². The Balaban J connectivity index is 1.65. The minimum Gasteiger partial charge on any atom is -0.322 e. The van der Waals surface area contributed by atoms with E-state index in [0.29, 0.717) is 17.7 Å². The van der Waals surface area contributed by atoms with Gasteiger partial charge in [-0.15, -0.1) is 0 Å². The van der Waals surface area contributed by atoms with Gasteiger partial charge in [0.2, 0.25) is 0 Å². The predicted molar refractivity (Wildman–Crippen MR) is 124 cm³/mol. The fourth-order valence-electron chi connectivity index (χ4n) is 4.38. The van der Waals surface area contributed by atoms with Gasteiger partial charge < -0.3 is 5.32 Å². The SMILES string of the molecule is Cc1cc(C)c(NC(=O)c2ccc3c(c2)C[C@H](C)N3S(=O)(=O)c2ccccc2)c(C)c1. The number of benzene rings is 3. The van der Waals surface area contributed by atoms with Crippen molar-refractivity contribution in [3.63, 3.8) is 0 Å². The molecule has 0 aliphatic carbocycles. The number of nitrogens with one attached hydrogen (secondary N) is 1. The van der Waals surface area contributed by atoms with Gasteiger partial charge in [-0.3, -0.25) is 9.10 Å². The normalized spacial score (nSPS) is 15.6. The molecule has 1 amide bonds. The van der Waals surface area contributed by atoms with Gasteiger partial charge in [-0.2, -0.15) is 0 Å². The maximum Gasteiger partial charge on any atom is 0.264 e. The minimum atomic E-state index is -3.67. The Kier molecular flexibility index (Phi) is 5.35. The van der Waals surface area contributed by atoms with Gasteiger partial charge in [-0.1, -0.05) is 35.9 Å². The number of anilines is 2. The van der Waals surface area contributed by atoms with E-state index in [1.54, 1.807) is 48.5 Å². The highest BCUT2D eigenvalue weighted by Crippen LogP contribution is 2.37. The molecule has 3 aromatic rings. The molecular formula is C25H26N2O3S. The van der Waals surface area contributed by atoms with E-state index in [4.69, 9.17) is 0 Å². The van der Waals surface area contributed by atoms with Crippen LogP contribution >= 0.6 is 0 Å². The first-order chi connectivity index (χ1) is 14.7. The molecule has 4 rings (SSSR count). The first kappa shape index (κ1) is 21.1. The van der Waals surface area contributed by atoms with Gasteiger partial charge in [0.05, 0.1) is 10.6 Å². The van der Waals surface area contributed by atoms with Crippen LogP contribution in [0.25, 0.3) is 0 Å². The third-order valence-corrected chi connectivity index (χ3v) is 7.65. The standard InChI is InChI=1S/C25H26N2O3S/c1-16-12-17(2)24(18(3)13-16)26-25(28)20-10-11-23-21(15-20)14-19(4)27(23)31(29,30)22-8-6-5-7-9-22/h5-13,15,19H,14H2,1-4H3,(H,26,28)/t19-/m0/s1. The van der Waals surface area contributed by atoms with Crippen molar-refractivity contribution in [2.24, 2.45) is 0 Å². The molecule has 1 heterocycles. The van der Waals surface area contributed by atoms with Crippen LogP contribution in [0.5, 0.6) is 0 Å². The number of carbonyl (C=O) groups is 1. The lowest BCUT2D eigenvalue weighted by atomic mass is 10.0. The van der Waals surface area contributed by atoms with E-state index >= 15 is 0 Å². The van der Waals surface area contributed by atoms with Crippen molar-refractivity contribution >= 4 is 27.3 Å². The minimum absolute atomic E-state index is 0.199. The van der Waals surface area contributed by atoms with Crippen LogP contribution in [0, 0.1) is 20.8 Å². The molecule has 31 heavy (non-hydrogen) atoms. The monoisotopic (exact) mass is 434 g/mol. The smallest absolute Gasteiger partial charge is 0.264 e. The van der Waals surface area contributed by atoms with Crippen LogP contribution in [0.3, 0.4) is 0 Å². The lowest BCUT2D eigenvalue weighted by Crippen LogP contribution is -2.35. The number of sulfonamides is 1. The molecule has 0 aromatic heterocycles. The third-order valence-electron chi connectivity index (χ3n) is 5.71. The van der Waals surface area contributed by atoms with Gasteiger partial charge in [-0.05, 0) is 81.1 Å². The largest absolute Gasteiger partial charge is 0.322 e. The Morgan fingerprint density at radius 3 is 2.26 bits per heavy atom. The van der Waals surface area contributed by atoms with Gasteiger partial charge in [0.15, 0.2) is 0 Å². The zero-order chi connectivity index (χ0) is 22.3. The van der Waals surface area contributed by atoms with E-state index in [2.05, 4.69) is 5.32 Å². The second-order valence-electron chi connectivity index (χ2n) is 8.24. The number of carbonyl (C=O) groups excluding carboxylic acids is 1. The summed E-state index contributed by atoms with van der Waals surface area (Å²) in [5, 5.41) is 3.02. The van der Waals surface area contributed by atoms with Gasteiger partial charge in [0, 0.05) is 17.3 Å². The first-order valence-electron chi connectivity index (χ1n) is 10.3. The van der Waals surface area contributed by atoms with Gasteiger partial charge in [-0.25, -0.2) is 8.42 Å². The van der Waals surface area contributed by atoms with E-state index in [1.165, 1.54) is 4.31 Å². The number of fused-ring (bicyclic) bond motifs is 1. The average Bonchev–Trinajstić information content (AvgIpc) is 3.06. The number of rotatable bonds is 4. The summed E-state index contributed by atoms with van der Waals surface area (Å²) in [5.74, 6) is -0.199. The second-order valence-corrected chi connectivity index (χ2v) is 10.1. The lowest BCUT2D eigenvalue weighted by molar-refractivity contribution is 0.102. The molecule has 0 saturated carbocycles. The van der Waals surface area contributed by atoms with Crippen molar-refractivity contribution in [1.82, 2.24) is 0 Å². The maximum atomic E-state index is 13.2. The highest BCUT2D eigenvalue weighted by molar-refractivity contribution is 7.92. The molecule has 0 bridgehead atoms. The summed E-state index contributed by atoms with van der Waals surface area (Å²) < 4.78 is 27.9. The van der Waals surface area contributed by atoms with E-state index in [0.717, 1.165) is 27.9 Å².